The highest BCUT2D eigenvalue weighted by atomic mass is 16.7. The van der Waals surface area contributed by atoms with Gasteiger partial charge in [-0.05, 0) is 80.1 Å². The molecule has 0 aliphatic heterocycles. The van der Waals surface area contributed by atoms with Crippen molar-refractivity contribution in [1.82, 2.24) is 0 Å². The molecule has 0 radical (unpaired) electrons. The monoisotopic (exact) mass is 486 g/mol. The fourth-order valence-corrected chi connectivity index (χ4v) is 8.59. The molecule has 7 atom stereocenters. The van der Waals surface area contributed by atoms with Crippen LogP contribution < -0.4 is 0 Å². The molecule has 35 heavy (non-hydrogen) atoms. The molecule has 0 amide bonds. The maximum Gasteiger partial charge on any atom is 0.508 e. The summed E-state index contributed by atoms with van der Waals surface area (Å²) >= 11 is 0. The highest BCUT2D eigenvalue weighted by Crippen LogP contribution is 2.66. The van der Waals surface area contributed by atoms with E-state index in [0.717, 1.165) is 44.9 Å². The highest BCUT2D eigenvalue weighted by Gasteiger charge is 2.61. The lowest BCUT2D eigenvalue weighted by atomic mass is 9.45. The zero-order valence-corrected chi connectivity index (χ0v) is 22.9. The summed E-state index contributed by atoms with van der Waals surface area (Å²) in [5, 5.41) is 0. The first-order valence-electron chi connectivity index (χ1n) is 14.9. The van der Waals surface area contributed by atoms with Gasteiger partial charge in [0.2, 0.25) is 0 Å². The Morgan fingerprint density at radius 1 is 0.971 bits per heavy atom. The Bertz CT molecular complexity index is 787. The Hall–Kier alpha value is -1.32. The van der Waals surface area contributed by atoms with E-state index in [4.69, 9.17) is 9.47 Å². The molecule has 3 fully saturated rings. The van der Waals surface area contributed by atoms with Crippen LogP contribution in [0.25, 0.3) is 0 Å². The van der Waals surface area contributed by atoms with Crippen molar-refractivity contribution in [2.24, 2.45) is 34.5 Å². The molecule has 0 spiro atoms. The van der Waals surface area contributed by atoms with E-state index in [1.54, 1.807) is 0 Å². The fourth-order valence-electron chi connectivity index (χ4n) is 8.59. The second kappa shape index (κ2) is 11.4. The Labute approximate surface area is 214 Å². The van der Waals surface area contributed by atoms with Gasteiger partial charge in [-0.3, -0.25) is 4.79 Å². The summed E-state index contributed by atoms with van der Waals surface area (Å²) in [7, 11) is 0. The summed E-state index contributed by atoms with van der Waals surface area (Å²) in [5.74, 6) is 2.81. The van der Waals surface area contributed by atoms with E-state index in [1.807, 2.05) is 6.08 Å². The molecule has 0 bridgehead atoms. The number of allylic oxidation sites excluding steroid dienone is 1. The lowest BCUT2D eigenvalue weighted by molar-refractivity contribution is -0.120. The van der Waals surface area contributed by atoms with Gasteiger partial charge in [-0.25, -0.2) is 4.79 Å². The molecule has 0 N–H and O–H groups in total. The van der Waals surface area contributed by atoms with Gasteiger partial charge in [0.1, 0.15) is 6.10 Å². The largest absolute Gasteiger partial charge is 0.508 e. The molecule has 4 aliphatic rings. The van der Waals surface area contributed by atoms with Gasteiger partial charge in [0, 0.05) is 11.8 Å². The number of carbonyl (C=O) groups is 2. The van der Waals surface area contributed by atoms with Crippen molar-refractivity contribution < 1.29 is 19.1 Å². The van der Waals surface area contributed by atoms with Crippen LogP contribution in [0, 0.1) is 34.5 Å². The molecule has 0 aromatic carbocycles. The summed E-state index contributed by atoms with van der Waals surface area (Å²) in [6.07, 6.45) is 18.6. The average molecular weight is 487 g/mol. The van der Waals surface area contributed by atoms with E-state index >= 15 is 0 Å². The van der Waals surface area contributed by atoms with Crippen LogP contribution in [-0.2, 0) is 14.3 Å². The summed E-state index contributed by atoms with van der Waals surface area (Å²) in [5.41, 5.74) is 1.65. The minimum absolute atomic E-state index is 0.0237. The van der Waals surface area contributed by atoms with Crippen LogP contribution in [0.15, 0.2) is 11.6 Å². The van der Waals surface area contributed by atoms with E-state index in [1.165, 1.54) is 50.5 Å². The van der Waals surface area contributed by atoms with Gasteiger partial charge in [0.25, 0.3) is 0 Å². The first-order valence-corrected chi connectivity index (χ1v) is 14.9. The molecular weight excluding hydrogens is 436 g/mol. The molecule has 4 aliphatic carbocycles. The molecule has 0 aromatic heterocycles. The zero-order chi connectivity index (χ0) is 25.1. The predicted octanol–water partition coefficient (Wildman–Crippen LogP) is 8.43. The van der Waals surface area contributed by atoms with Crippen molar-refractivity contribution in [2.75, 3.05) is 6.61 Å². The number of unbranched alkanes of at least 4 members (excludes halogenated alkanes) is 7. The van der Waals surface area contributed by atoms with Crippen molar-refractivity contribution in [3.8, 4) is 0 Å². The van der Waals surface area contributed by atoms with Crippen LogP contribution in [0.5, 0.6) is 0 Å². The first kappa shape index (κ1) is 26.7. The molecule has 198 valence electrons. The average Bonchev–Trinajstić information content (AvgIpc) is 3.15. The third-order valence-electron chi connectivity index (χ3n) is 10.7. The second-order valence-electron chi connectivity index (χ2n) is 12.8. The Morgan fingerprint density at radius 3 is 2.43 bits per heavy atom. The van der Waals surface area contributed by atoms with Crippen molar-refractivity contribution in [2.45, 2.75) is 130 Å². The number of carbonyl (C=O) groups excluding carboxylic acids is 2. The predicted molar refractivity (Wildman–Crippen MR) is 140 cm³/mol. The van der Waals surface area contributed by atoms with Crippen LogP contribution in [0.4, 0.5) is 4.79 Å². The summed E-state index contributed by atoms with van der Waals surface area (Å²) in [6, 6.07) is 0. The number of fused-ring (bicyclic) bond motifs is 5. The number of hydrogen-bond acceptors (Lipinski definition) is 4. The molecule has 0 saturated heterocycles. The van der Waals surface area contributed by atoms with Gasteiger partial charge < -0.3 is 9.47 Å². The van der Waals surface area contributed by atoms with Gasteiger partial charge in [0.05, 0.1) is 6.61 Å². The van der Waals surface area contributed by atoms with Gasteiger partial charge >= 0.3 is 6.16 Å². The summed E-state index contributed by atoms with van der Waals surface area (Å²) in [6.45, 7) is 9.94. The van der Waals surface area contributed by atoms with Crippen LogP contribution in [-0.4, -0.2) is 24.6 Å². The molecule has 3 unspecified atom stereocenters. The van der Waals surface area contributed by atoms with Gasteiger partial charge in [0.15, 0.2) is 5.78 Å². The van der Waals surface area contributed by atoms with Crippen molar-refractivity contribution in [1.29, 1.82) is 0 Å². The first-order chi connectivity index (χ1) is 16.8. The smallest absolute Gasteiger partial charge is 0.434 e. The maximum absolute atomic E-state index is 12.6. The quantitative estimate of drug-likeness (QED) is 0.230. The molecule has 4 rings (SSSR count). The Balaban J connectivity index is 1.27. The molecule has 0 heterocycles. The van der Waals surface area contributed by atoms with Crippen LogP contribution >= 0.6 is 0 Å². The SMILES string of the molecule is CCCCCCCCCCOC(=O)O[C@H]1CCC2C3C(CC[C@@]21C)[C@@]1(C)CCC(=O)C=C1C[C@H]3C. The zero-order valence-electron chi connectivity index (χ0n) is 22.9. The highest BCUT2D eigenvalue weighted by molar-refractivity contribution is 5.91. The number of ketones is 1. The standard InChI is InChI=1S/C31H50O4/c1-5-6-7-8-9-10-11-12-19-34-29(33)35-27-14-13-25-28-22(2)20-23-21-24(32)15-17-30(23,3)26(28)16-18-31(25,27)4/h21-22,25-28H,5-20H2,1-4H3/t22-,25?,26?,27+,28?,30+,31+/m1/s1. The summed E-state index contributed by atoms with van der Waals surface area (Å²) < 4.78 is 11.5. The lowest BCUT2D eigenvalue weighted by Crippen LogP contribution is -2.54. The van der Waals surface area contributed by atoms with E-state index in [0.29, 0.717) is 42.5 Å². The van der Waals surface area contributed by atoms with Crippen LogP contribution in [0.2, 0.25) is 0 Å². The number of rotatable bonds is 10. The summed E-state index contributed by atoms with van der Waals surface area (Å²) in [4.78, 5) is 24.7. The molecule has 4 heteroatoms. The van der Waals surface area contributed by atoms with E-state index in [2.05, 4.69) is 27.7 Å². The number of ether oxygens (including phenoxy) is 2. The minimum atomic E-state index is -0.457. The topological polar surface area (TPSA) is 52.6 Å². The Kier molecular flexibility index (Phi) is 8.69. The molecule has 4 nitrogen and oxygen atoms in total. The number of hydrogen-bond donors (Lipinski definition) is 0. The van der Waals surface area contributed by atoms with Crippen molar-refractivity contribution in [3.05, 3.63) is 11.6 Å². The van der Waals surface area contributed by atoms with Gasteiger partial charge in [-0.2, -0.15) is 0 Å². The van der Waals surface area contributed by atoms with Crippen LogP contribution in [0.1, 0.15) is 124 Å². The van der Waals surface area contributed by atoms with E-state index < -0.39 is 6.16 Å². The molecule has 0 aromatic rings. The van der Waals surface area contributed by atoms with E-state index in [-0.39, 0.29) is 16.9 Å². The van der Waals surface area contributed by atoms with E-state index in [9.17, 15) is 9.59 Å². The van der Waals surface area contributed by atoms with Crippen LogP contribution in [0.3, 0.4) is 0 Å². The van der Waals surface area contributed by atoms with Crippen molar-refractivity contribution >= 4 is 11.9 Å². The second-order valence-corrected chi connectivity index (χ2v) is 12.8. The molecular formula is C31H50O4. The van der Waals surface area contributed by atoms with Crippen molar-refractivity contribution in [3.63, 3.8) is 0 Å². The third-order valence-corrected chi connectivity index (χ3v) is 10.7. The maximum atomic E-state index is 12.6. The molecule has 3 saturated carbocycles. The van der Waals surface area contributed by atoms with Gasteiger partial charge in [-0.15, -0.1) is 0 Å². The third kappa shape index (κ3) is 5.52. The lowest BCUT2D eigenvalue weighted by Gasteiger charge is -2.59. The fraction of sp³-hybridized carbons (Fsp3) is 0.871. The minimum Gasteiger partial charge on any atom is -0.434 e. The Morgan fingerprint density at radius 2 is 1.69 bits per heavy atom. The van der Waals surface area contributed by atoms with Gasteiger partial charge in [-0.1, -0.05) is 78.2 Å². The normalized spacial score (nSPS) is 38.2.